The number of carbonyl (C=O) groups is 2. The zero-order chi connectivity index (χ0) is 16.4. The molecule has 4 heteroatoms. The number of nitrogens with one attached hydrogen (secondary N) is 1. The zero-order valence-electron chi connectivity index (χ0n) is 13.0. The van der Waals surface area contributed by atoms with Gasteiger partial charge in [-0.3, -0.25) is 4.79 Å². The van der Waals surface area contributed by atoms with Gasteiger partial charge in [-0.1, -0.05) is 24.3 Å². The molecule has 2 N–H and O–H groups in total. The highest BCUT2D eigenvalue weighted by molar-refractivity contribution is 5.95. The van der Waals surface area contributed by atoms with Crippen LogP contribution >= 0.6 is 0 Å². The molecular weight excluding hydrogens is 290 g/mol. The van der Waals surface area contributed by atoms with Crippen LogP contribution in [0.25, 0.3) is 11.1 Å². The summed E-state index contributed by atoms with van der Waals surface area (Å²) in [7, 11) is 0. The van der Waals surface area contributed by atoms with E-state index in [9.17, 15) is 14.7 Å². The van der Waals surface area contributed by atoms with Gasteiger partial charge in [-0.2, -0.15) is 0 Å². The second-order valence-corrected chi connectivity index (χ2v) is 6.07. The van der Waals surface area contributed by atoms with Crippen LogP contribution in [0.4, 0.5) is 0 Å². The Balaban J connectivity index is 1.77. The SMILES string of the molecule is Cc1ccc(-c2ccc(C(=O)NCC3CC3)cc2)cc1C(=O)O. The van der Waals surface area contributed by atoms with Crippen molar-refractivity contribution in [1.82, 2.24) is 5.32 Å². The molecule has 118 valence electrons. The van der Waals surface area contributed by atoms with Crippen LogP contribution in [-0.2, 0) is 0 Å². The van der Waals surface area contributed by atoms with Gasteiger partial charge in [0.05, 0.1) is 5.56 Å². The summed E-state index contributed by atoms with van der Waals surface area (Å²) >= 11 is 0. The lowest BCUT2D eigenvalue weighted by molar-refractivity contribution is 0.0696. The Labute approximate surface area is 135 Å². The highest BCUT2D eigenvalue weighted by Crippen LogP contribution is 2.27. The third kappa shape index (κ3) is 3.59. The number of carboxylic acids is 1. The fraction of sp³-hybridized carbons (Fsp3) is 0.263. The molecule has 1 aliphatic carbocycles. The molecule has 0 spiro atoms. The van der Waals surface area contributed by atoms with Crippen LogP contribution in [0.2, 0.25) is 0 Å². The van der Waals surface area contributed by atoms with Gasteiger partial charge in [-0.05, 0) is 60.6 Å². The minimum Gasteiger partial charge on any atom is -0.478 e. The Hall–Kier alpha value is -2.62. The summed E-state index contributed by atoms with van der Waals surface area (Å²) in [6, 6.07) is 12.6. The predicted molar refractivity (Wildman–Crippen MR) is 88.6 cm³/mol. The van der Waals surface area contributed by atoms with Crippen molar-refractivity contribution >= 4 is 11.9 Å². The second kappa shape index (κ2) is 6.24. The van der Waals surface area contributed by atoms with Gasteiger partial charge in [0, 0.05) is 12.1 Å². The first kappa shape index (κ1) is 15.3. The molecule has 0 unspecified atom stereocenters. The molecule has 2 aromatic rings. The van der Waals surface area contributed by atoms with E-state index in [0.717, 1.165) is 23.2 Å². The van der Waals surface area contributed by atoms with E-state index in [1.165, 1.54) is 12.8 Å². The van der Waals surface area contributed by atoms with Gasteiger partial charge in [0.25, 0.3) is 5.91 Å². The maximum Gasteiger partial charge on any atom is 0.335 e. The normalized spacial score (nSPS) is 13.6. The molecule has 0 aromatic heterocycles. The van der Waals surface area contributed by atoms with Crippen LogP contribution in [-0.4, -0.2) is 23.5 Å². The number of rotatable bonds is 5. The highest BCUT2D eigenvalue weighted by Gasteiger charge is 2.21. The summed E-state index contributed by atoms with van der Waals surface area (Å²) in [6.45, 7) is 2.53. The first-order valence-corrected chi connectivity index (χ1v) is 7.77. The van der Waals surface area contributed by atoms with Crippen LogP contribution in [0, 0.1) is 12.8 Å². The van der Waals surface area contributed by atoms with Gasteiger partial charge >= 0.3 is 5.97 Å². The first-order chi connectivity index (χ1) is 11.0. The van der Waals surface area contributed by atoms with Gasteiger partial charge in [0.1, 0.15) is 0 Å². The van der Waals surface area contributed by atoms with Crippen LogP contribution in [0.3, 0.4) is 0 Å². The lowest BCUT2D eigenvalue weighted by Gasteiger charge is -2.08. The molecule has 3 rings (SSSR count). The average molecular weight is 309 g/mol. The van der Waals surface area contributed by atoms with Gasteiger partial charge in [0.2, 0.25) is 0 Å². The van der Waals surface area contributed by atoms with E-state index in [2.05, 4.69) is 5.32 Å². The molecule has 0 saturated heterocycles. The Morgan fingerprint density at radius 2 is 1.74 bits per heavy atom. The predicted octanol–water partition coefficient (Wildman–Crippen LogP) is 3.50. The van der Waals surface area contributed by atoms with E-state index in [-0.39, 0.29) is 5.91 Å². The number of hydrogen-bond acceptors (Lipinski definition) is 2. The monoisotopic (exact) mass is 309 g/mol. The van der Waals surface area contributed by atoms with E-state index < -0.39 is 5.97 Å². The number of hydrogen-bond donors (Lipinski definition) is 2. The molecule has 0 atom stereocenters. The molecule has 1 fully saturated rings. The van der Waals surface area contributed by atoms with Crippen molar-refractivity contribution in [3.63, 3.8) is 0 Å². The molecular formula is C19H19NO3. The lowest BCUT2D eigenvalue weighted by Crippen LogP contribution is -2.25. The van der Waals surface area contributed by atoms with Crippen molar-refractivity contribution in [2.45, 2.75) is 19.8 Å². The number of aryl methyl sites for hydroxylation is 1. The molecule has 0 aliphatic heterocycles. The molecule has 1 aliphatic rings. The first-order valence-electron chi connectivity index (χ1n) is 7.77. The molecule has 23 heavy (non-hydrogen) atoms. The van der Waals surface area contributed by atoms with E-state index in [1.807, 2.05) is 18.2 Å². The summed E-state index contributed by atoms with van der Waals surface area (Å²) in [5.41, 5.74) is 3.38. The van der Waals surface area contributed by atoms with Gasteiger partial charge < -0.3 is 10.4 Å². The average Bonchev–Trinajstić information content (AvgIpc) is 3.37. The number of carboxylic acid groups (broad SMARTS) is 1. The topological polar surface area (TPSA) is 66.4 Å². The van der Waals surface area contributed by atoms with E-state index in [0.29, 0.717) is 17.0 Å². The summed E-state index contributed by atoms with van der Waals surface area (Å²) in [5, 5.41) is 12.1. The maximum atomic E-state index is 12.0. The standard InChI is InChI=1S/C19H19NO3/c1-12-2-5-16(10-17(12)19(22)23)14-6-8-15(9-7-14)18(21)20-11-13-3-4-13/h2,5-10,13H,3-4,11H2,1H3,(H,20,21)(H,22,23). The molecule has 2 aromatic carbocycles. The van der Waals surface area contributed by atoms with Crippen molar-refractivity contribution in [1.29, 1.82) is 0 Å². The van der Waals surface area contributed by atoms with Crippen LogP contribution in [0.15, 0.2) is 42.5 Å². The van der Waals surface area contributed by atoms with Crippen LogP contribution < -0.4 is 5.32 Å². The minimum absolute atomic E-state index is 0.0569. The molecule has 0 bridgehead atoms. The Kier molecular flexibility index (Phi) is 4.15. The van der Waals surface area contributed by atoms with Crippen molar-refractivity contribution in [3.8, 4) is 11.1 Å². The van der Waals surface area contributed by atoms with Crippen LogP contribution in [0.5, 0.6) is 0 Å². The third-order valence-corrected chi connectivity index (χ3v) is 4.20. The van der Waals surface area contributed by atoms with Crippen molar-refractivity contribution in [2.75, 3.05) is 6.54 Å². The maximum absolute atomic E-state index is 12.0. The van der Waals surface area contributed by atoms with Gasteiger partial charge in [0.15, 0.2) is 0 Å². The van der Waals surface area contributed by atoms with E-state index >= 15 is 0 Å². The summed E-state index contributed by atoms with van der Waals surface area (Å²) < 4.78 is 0. The fourth-order valence-corrected chi connectivity index (χ4v) is 2.51. The summed E-state index contributed by atoms with van der Waals surface area (Å²) in [5.74, 6) is -0.334. The number of amides is 1. The summed E-state index contributed by atoms with van der Waals surface area (Å²) in [4.78, 5) is 23.3. The van der Waals surface area contributed by atoms with E-state index in [4.69, 9.17) is 0 Å². The molecule has 1 saturated carbocycles. The number of carbonyl (C=O) groups excluding carboxylic acids is 1. The molecule has 1 amide bonds. The molecule has 0 heterocycles. The highest BCUT2D eigenvalue weighted by atomic mass is 16.4. The quantitative estimate of drug-likeness (QED) is 0.888. The van der Waals surface area contributed by atoms with Gasteiger partial charge in [-0.25, -0.2) is 4.79 Å². The van der Waals surface area contributed by atoms with Gasteiger partial charge in [-0.15, -0.1) is 0 Å². The van der Waals surface area contributed by atoms with E-state index in [1.54, 1.807) is 31.2 Å². The Morgan fingerprint density at radius 3 is 2.35 bits per heavy atom. The number of benzene rings is 2. The molecule has 4 nitrogen and oxygen atoms in total. The summed E-state index contributed by atoms with van der Waals surface area (Å²) in [6.07, 6.45) is 2.41. The Morgan fingerprint density at radius 1 is 1.09 bits per heavy atom. The molecule has 0 radical (unpaired) electrons. The second-order valence-electron chi connectivity index (χ2n) is 6.07. The van der Waals surface area contributed by atoms with Crippen molar-refractivity contribution < 1.29 is 14.7 Å². The third-order valence-electron chi connectivity index (χ3n) is 4.20. The zero-order valence-corrected chi connectivity index (χ0v) is 13.0. The van der Waals surface area contributed by atoms with Crippen molar-refractivity contribution in [2.24, 2.45) is 5.92 Å². The minimum atomic E-state index is -0.930. The smallest absolute Gasteiger partial charge is 0.335 e. The largest absolute Gasteiger partial charge is 0.478 e. The van der Waals surface area contributed by atoms with Crippen LogP contribution in [0.1, 0.15) is 39.1 Å². The lowest BCUT2D eigenvalue weighted by atomic mass is 9.99. The fourth-order valence-electron chi connectivity index (χ4n) is 2.51. The number of aromatic carboxylic acids is 1. The Bertz CT molecular complexity index is 746. The van der Waals surface area contributed by atoms with Crippen molar-refractivity contribution in [3.05, 3.63) is 59.2 Å².